The van der Waals surface area contributed by atoms with Crippen LogP contribution in [-0.4, -0.2) is 63.4 Å². The lowest BCUT2D eigenvalue weighted by molar-refractivity contribution is -0.164. The van der Waals surface area contributed by atoms with Crippen LogP contribution in [0.2, 0.25) is 0 Å². The quantitative estimate of drug-likeness (QED) is 0.0934. The van der Waals surface area contributed by atoms with E-state index < -0.39 is 12.1 Å². The molecule has 1 amide bonds. The van der Waals surface area contributed by atoms with Crippen LogP contribution in [0, 0.1) is 11.8 Å². The molecule has 0 spiro atoms. The topological polar surface area (TPSA) is 83.5 Å². The highest BCUT2D eigenvalue weighted by Gasteiger charge is 2.39. The summed E-state index contributed by atoms with van der Waals surface area (Å²) in [5, 5.41) is 0. The van der Waals surface area contributed by atoms with Crippen LogP contribution in [0.25, 0.3) is 0 Å². The first-order valence-corrected chi connectivity index (χ1v) is 17.2. The summed E-state index contributed by atoms with van der Waals surface area (Å²) in [6.45, 7) is 9.49. The first-order valence-electron chi connectivity index (χ1n) is 17.2. The highest BCUT2D eigenvalue weighted by Crippen LogP contribution is 2.36. The smallest absolute Gasteiger partial charge is 0.329 e. The Labute approximate surface area is 281 Å². The summed E-state index contributed by atoms with van der Waals surface area (Å²) < 4.78 is 28.7. The van der Waals surface area contributed by atoms with Crippen molar-refractivity contribution in [2.24, 2.45) is 11.8 Å². The van der Waals surface area contributed by atoms with E-state index in [0.717, 1.165) is 49.7 Å². The molecule has 2 fully saturated rings. The summed E-state index contributed by atoms with van der Waals surface area (Å²) in [5.41, 5.74) is 1.87. The van der Waals surface area contributed by atoms with Gasteiger partial charge in [0.05, 0.1) is 27.4 Å². The molecule has 1 saturated heterocycles. The van der Waals surface area contributed by atoms with Crippen molar-refractivity contribution in [3.05, 3.63) is 78.9 Å². The maximum Gasteiger partial charge on any atom is 0.329 e. The molecule has 1 aliphatic carbocycles. The molecule has 0 aromatic heterocycles. The molecule has 2 aliphatic rings. The Morgan fingerprint density at radius 1 is 0.915 bits per heavy atom. The summed E-state index contributed by atoms with van der Waals surface area (Å²) in [6, 6.07) is 12.9. The molecule has 8 heteroatoms. The molecule has 0 unspecified atom stereocenters. The van der Waals surface area contributed by atoms with E-state index in [-0.39, 0.29) is 17.8 Å². The van der Waals surface area contributed by atoms with Crippen molar-refractivity contribution in [3.8, 4) is 17.2 Å². The van der Waals surface area contributed by atoms with E-state index in [1.165, 1.54) is 6.42 Å². The van der Waals surface area contributed by atoms with Crippen LogP contribution in [0.1, 0.15) is 81.4 Å². The molecular formula is C39H53NO7. The molecule has 3 atom stereocenters. The molecule has 0 radical (unpaired) electrons. The lowest BCUT2D eigenvalue weighted by Crippen LogP contribution is -2.52. The number of nitrogens with zero attached hydrogens (tertiary/aromatic N) is 1. The number of esters is 1. The van der Waals surface area contributed by atoms with Crippen molar-refractivity contribution in [1.82, 2.24) is 4.90 Å². The number of methoxy groups -OCH3 is 2. The minimum atomic E-state index is -0.600. The number of rotatable bonds is 18. The van der Waals surface area contributed by atoms with Gasteiger partial charge in [-0.1, -0.05) is 49.6 Å². The number of carbonyl (C=O) groups is 2. The van der Waals surface area contributed by atoms with Gasteiger partial charge in [0.25, 0.3) is 0 Å². The number of benzene rings is 2. The van der Waals surface area contributed by atoms with Gasteiger partial charge in [-0.25, -0.2) is 4.79 Å². The van der Waals surface area contributed by atoms with Crippen molar-refractivity contribution in [3.63, 3.8) is 0 Å². The fourth-order valence-corrected chi connectivity index (χ4v) is 6.90. The average Bonchev–Trinajstić information content (AvgIpc) is 3.12. The SMILES string of the molecule is C=CCOCCOc1cccc([C@H](CCc2ccc(OC)c(OC)c2)OC(=O)[C@H]2CCCCN2C(=O)[C@H](CC=C)C2CCCCC2)c1. The Kier molecular flexibility index (Phi) is 14.7. The van der Waals surface area contributed by atoms with Gasteiger partial charge >= 0.3 is 5.97 Å². The van der Waals surface area contributed by atoms with Crippen LogP contribution in [0.4, 0.5) is 0 Å². The Hall–Kier alpha value is -3.78. The minimum Gasteiger partial charge on any atom is -0.493 e. The van der Waals surface area contributed by atoms with Crippen LogP contribution < -0.4 is 14.2 Å². The number of aryl methyl sites for hydroxylation is 1. The van der Waals surface area contributed by atoms with Gasteiger partial charge in [-0.15, -0.1) is 13.2 Å². The predicted octanol–water partition coefficient (Wildman–Crippen LogP) is 7.66. The lowest BCUT2D eigenvalue weighted by atomic mass is 9.77. The minimum absolute atomic E-state index is 0.0781. The van der Waals surface area contributed by atoms with E-state index in [9.17, 15) is 9.59 Å². The highest BCUT2D eigenvalue weighted by atomic mass is 16.5. The predicted molar refractivity (Wildman–Crippen MR) is 184 cm³/mol. The second-order valence-corrected chi connectivity index (χ2v) is 12.5. The molecule has 256 valence electrons. The van der Waals surface area contributed by atoms with Crippen molar-refractivity contribution >= 4 is 11.9 Å². The van der Waals surface area contributed by atoms with Gasteiger partial charge in [0.2, 0.25) is 5.91 Å². The maximum absolute atomic E-state index is 14.1. The van der Waals surface area contributed by atoms with E-state index in [1.807, 2.05) is 53.4 Å². The van der Waals surface area contributed by atoms with Gasteiger partial charge in [-0.3, -0.25) is 4.79 Å². The van der Waals surface area contributed by atoms with Crippen LogP contribution in [0.3, 0.4) is 0 Å². The zero-order chi connectivity index (χ0) is 33.4. The monoisotopic (exact) mass is 647 g/mol. The fraction of sp³-hybridized carbons (Fsp3) is 0.538. The number of hydrogen-bond donors (Lipinski definition) is 0. The lowest BCUT2D eigenvalue weighted by Gasteiger charge is -2.39. The second-order valence-electron chi connectivity index (χ2n) is 12.5. The third kappa shape index (κ3) is 10.4. The summed E-state index contributed by atoms with van der Waals surface area (Å²) in [5.74, 6) is 1.92. The number of carbonyl (C=O) groups excluding carboxylic acids is 2. The number of hydrogen-bond acceptors (Lipinski definition) is 7. The largest absolute Gasteiger partial charge is 0.493 e. The van der Waals surface area contributed by atoms with E-state index in [2.05, 4.69) is 13.2 Å². The zero-order valence-electron chi connectivity index (χ0n) is 28.3. The van der Waals surface area contributed by atoms with Crippen molar-refractivity contribution < 1.29 is 33.3 Å². The van der Waals surface area contributed by atoms with Crippen LogP contribution in [-0.2, 0) is 25.5 Å². The summed E-state index contributed by atoms with van der Waals surface area (Å²) >= 11 is 0. The Bertz CT molecular complexity index is 1300. The fourth-order valence-electron chi connectivity index (χ4n) is 6.90. The van der Waals surface area contributed by atoms with E-state index in [1.54, 1.807) is 20.3 Å². The maximum atomic E-state index is 14.1. The van der Waals surface area contributed by atoms with E-state index in [4.69, 9.17) is 23.7 Å². The number of amides is 1. The normalized spacial score (nSPS) is 18.1. The molecule has 2 aromatic rings. The molecule has 1 aliphatic heterocycles. The summed E-state index contributed by atoms with van der Waals surface area (Å²) in [7, 11) is 3.23. The van der Waals surface area contributed by atoms with Crippen molar-refractivity contribution in [2.75, 3.05) is 40.6 Å². The van der Waals surface area contributed by atoms with Gasteiger partial charge in [0.15, 0.2) is 11.5 Å². The Morgan fingerprint density at radius 3 is 2.45 bits per heavy atom. The molecule has 47 heavy (non-hydrogen) atoms. The molecule has 4 rings (SSSR count). The van der Waals surface area contributed by atoms with Gasteiger partial charge in [-0.05, 0) is 92.7 Å². The first kappa shape index (κ1) is 36.1. The van der Waals surface area contributed by atoms with Crippen molar-refractivity contribution in [2.45, 2.75) is 82.8 Å². The van der Waals surface area contributed by atoms with Crippen molar-refractivity contribution in [1.29, 1.82) is 0 Å². The number of likely N-dealkylation sites (tertiary alicyclic amines) is 1. The Balaban J connectivity index is 1.54. The molecule has 1 saturated carbocycles. The number of piperidine rings is 1. The van der Waals surface area contributed by atoms with Gasteiger partial charge in [0.1, 0.15) is 24.5 Å². The van der Waals surface area contributed by atoms with Crippen LogP contribution >= 0.6 is 0 Å². The zero-order valence-corrected chi connectivity index (χ0v) is 28.3. The molecule has 1 heterocycles. The van der Waals surface area contributed by atoms with Gasteiger partial charge in [0, 0.05) is 12.5 Å². The third-order valence-electron chi connectivity index (χ3n) is 9.38. The molecule has 0 bridgehead atoms. The molecular weight excluding hydrogens is 594 g/mol. The molecule has 8 nitrogen and oxygen atoms in total. The second kappa shape index (κ2) is 19.1. The number of ether oxygens (including phenoxy) is 5. The van der Waals surface area contributed by atoms with Gasteiger partial charge in [-0.2, -0.15) is 0 Å². The van der Waals surface area contributed by atoms with Gasteiger partial charge < -0.3 is 28.6 Å². The molecule has 0 N–H and O–H groups in total. The van der Waals surface area contributed by atoms with Crippen LogP contribution in [0.15, 0.2) is 67.8 Å². The van der Waals surface area contributed by atoms with Crippen LogP contribution in [0.5, 0.6) is 17.2 Å². The number of allylic oxidation sites excluding steroid dienone is 1. The summed E-state index contributed by atoms with van der Waals surface area (Å²) in [6.07, 6.45) is 12.9. The average molecular weight is 648 g/mol. The van der Waals surface area contributed by atoms with E-state index in [0.29, 0.717) is 75.2 Å². The summed E-state index contributed by atoms with van der Waals surface area (Å²) in [4.78, 5) is 30.0. The Morgan fingerprint density at radius 2 is 1.70 bits per heavy atom. The first-order chi connectivity index (χ1) is 23.0. The van der Waals surface area contributed by atoms with E-state index >= 15 is 0 Å². The molecule has 2 aromatic carbocycles. The standard InChI is InChI=1S/C39H53NO7/c1-5-13-33(30-14-8-7-9-15-30)38(41)40-23-11-10-18-34(40)39(42)47-35(21-19-29-20-22-36(43-3)37(27-29)44-4)31-16-12-17-32(28-31)46-26-25-45-24-6-2/h5-6,12,16-17,20,22,27-28,30,33-35H,1-2,7-11,13-15,18-19,21,23-26H2,3-4H3/t33-,34-,35+/m1/s1. The highest BCUT2D eigenvalue weighted by molar-refractivity contribution is 5.86. The third-order valence-corrected chi connectivity index (χ3v) is 9.38.